The highest BCUT2D eigenvalue weighted by molar-refractivity contribution is 7.89. The maximum absolute atomic E-state index is 12.9. The summed E-state index contributed by atoms with van der Waals surface area (Å²) >= 11 is 1.37. The molecule has 0 aliphatic carbocycles. The Morgan fingerprint density at radius 1 is 1.24 bits per heavy atom. The second kappa shape index (κ2) is 7.35. The van der Waals surface area contributed by atoms with Crippen LogP contribution in [-0.2, 0) is 21.4 Å². The van der Waals surface area contributed by atoms with Crippen LogP contribution >= 0.6 is 11.3 Å². The molecule has 10 nitrogen and oxygen atoms in total. The molecule has 1 aliphatic rings. The van der Waals surface area contributed by atoms with Crippen LogP contribution in [0.4, 0.5) is 0 Å². The molecule has 4 rings (SSSR count). The third-order valence-corrected chi connectivity index (χ3v) is 7.88. The van der Waals surface area contributed by atoms with E-state index in [1.165, 1.54) is 26.5 Å². The van der Waals surface area contributed by atoms with Crippen LogP contribution < -0.4 is 5.56 Å². The Kier molecular flexibility index (Phi) is 5.00. The predicted octanol–water partition coefficient (Wildman–Crippen LogP) is 0.596. The van der Waals surface area contributed by atoms with Crippen LogP contribution in [0, 0.1) is 13.8 Å². The smallest absolute Gasteiger partial charge is 0.262 e. The molecule has 0 spiro atoms. The summed E-state index contributed by atoms with van der Waals surface area (Å²) in [5, 5.41) is 5.98. The quantitative estimate of drug-likeness (QED) is 0.586. The lowest BCUT2D eigenvalue weighted by molar-refractivity contribution is -0.133. The average molecular weight is 438 g/mol. The lowest BCUT2D eigenvalue weighted by Gasteiger charge is -2.34. The SMILES string of the molecule is Cc1noc(C)c1S(=O)(=O)N1CCN(C(=O)Cn2cnc3sccc3c2=O)CC1. The lowest BCUT2D eigenvalue weighted by atomic mass is 10.3. The average Bonchev–Trinajstić information content (AvgIpc) is 3.31. The zero-order valence-electron chi connectivity index (χ0n) is 15.9. The Morgan fingerprint density at radius 2 is 1.97 bits per heavy atom. The number of aromatic nitrogens is 3. The van der Waals surface area contributed by atoms with Crippen molar-refractivity contribution < 1.29 is 17.7 Å². The molecule has 3 aromatic heterocycles. The van der Waals surface area contributed by atoms with Crippen LogP contribution in [0.2, 0.25) is 0 Å². The monoisotopic (exact) mass is 437 g/mol. The molecule has 29 heavy (non-hydrogen) atoms. The Bertz CT molecular complexity index is 1220. The second-order valence-electron chi connectivity index (χ2n) is 6.76. The minimum Gasteiger partial charge on any atom is -0.360 e. The van der Waals surface area contributed by atoms with Crippen molar-refractivity contribution >= 4 is 37.5 Å². The van der Waals surface area contributed by atoms with Crippen LogP contribution in [0.15, 0.2) is 32.0 Å². The number of nitrogens with zero attached hydrogens (tertiary/aromatic N) is 5. The number of piperazine rings is 1. The third-order valence-electron chi connectivity index (χ3n) is 4.91. The first-order valence-corrected chi connectivity index (χ1v) is 11.2. The molecular weight excluding hydrogens is 418 g/mol. The summed E-state index contributed by atoms with van der Waals surface area (Å²) in [5.41, 5.74) is 0.0564. The van der Waals surface area contributed by atoms with E-state index in [2.05, 4.69) is 10.1 Å². The van der Waals surface area contributed by atoms with Gasteiger partial charge in [-0.1, -0.05) is 5.16 Å². The molecule has 0 saturated carbocycles. The predicted molar refractivity (Wildman–Crippen MR) is 105 cm³/mol. The Morgan fingerprint density at radius 3 is 2.62 bits per heavy atom. The van der Waals surface area contributed by atoms with E-state index >= 15 is 0 Å². The lowest BCUT2D eigenvalue weighted by Crippen LogP contribution is -2.51. The highest BCUT2D eigenvalue weighted by Crippen LogP contribution is 2.24. The number of thiophene rings is 1. The van der Waals surface area contributed by atoms with Crippen molar-refractivity contribution in [1.29, 1.82) is 0 Å². The number of sulfonamides is 1. The highest BCUT2D eigenvalue weighted by Gasteiger charge is 2.34. The van der Waals surface area contributed by atoms with Gasteiger partial charge in [0.05, 0.1) is 11.7 Å². The van der Waals surface area contributed by atoms with Gasteiger partial charge in [0.2, 0.25) is 15.9 Å². The maximum Gasteiger partial charge on any atom is 0.262 e. The summed E-state index contributed by atoms with van der Waals surface area (Å²) in [6.07, 6.45) is 1.37. The minimum absolute atomic E-state index is 0.0824. The maximum atomic E-state index is 12.9. The molecule has 1 saturated heterocycles. The number of fused-ring (bicyclic) bond motifs is 1. The van der Waals surface area contributed by atoms with E-state index in [1.54, 1.807) is 30.2 Å². The second-order valence-corrected chi connectivity index (χ2v) is 9.52. The van der Waals surface area contributed by atoms with E-state index in [0.29, 0.717) is 15.9 Å². The molecule has 1 fully saturated rings. The number of hydrogen-bond acceptors (Lipinski definition) is 8. The number of carbonyl (C=O) groups excluding carboxylic acids is 1. The summed E-state index contributed by atoms with van der Waals surface area (Å²) in [5.74, 6) is -0.00503. The topological polar surface area (TPSA) is 119 Å². The fourth-order valence-corrected chi connectivity index (χ4v) is 5.84. The van der Waals surface area contributed by atoms with E-state index < -0.39 is 10.0 Å². The number of amides is 1. The van der Waals surface area contributed by atoms with Gasteiger partial charge in [0.1, 0.15) is 22.0 Å². The molecule has 0 atom stereocenters. The van der Waals surface area contributed by atoms with Gasteiger partial charge >= 0.3 is 0 Å². The van der Waals surface area contributed by atoms with Crippen LogP contribution in [0.5, 0.6) is 0 Å². The van der Waals surface area contributed by atoms with E-state index in [0.717, 1.165) is 0 Å². The third kappa shape index (κ3) is 3.47. The molecule has 0 N–H and O–H groups in total. The minimum atomic E-state index is -3.74. The zero-order valence-corrected chi connectivity index (χ0v) is 17.5. The summed E-state index contributed by atoms with van der Waals surface area (Å²) < 4.78 is 33.3. The molecule has 0 unspecified atom stereocenters. The molecule has 0 radical (unpaired) electrons. The zero-order chi connectivity index (χ0) is 20.8. The number of rotatable bonds is 4. The first-order chi connectivity index (χ1) is 13.8. The fourth-order valence-electron chi connectivity index (χ4n) is 3.40. The highest BCUT2D eigenvalue weighted by atomic mass is 32.2. The normalized spacial score (nSPS) is 15.9. The van der Waals surface area contributed by atoms with Crippen molar-refractivity contribution in [2.24, 2.45) is 0 Å². The standard InChI is InChI=1S/C17H19N5O5S2/c1-11-15(12(2)27-19-11)29(25,26)22-6-4-20(5-7-22)14(23)9-21-10-18-16-13(17(21)24)3-8-28-16/h3,8,10H,4-7,9H2,1-2H3. The molecule has 154 valence electrons. The van der Waals surface area contributed by atoms with Gasteiger partial charge in [-0.25, -0.2) is 13.4 Å². The van der Waals surface area contributed by atoms with Crippen LogP contribution in [0.3, 0.4) is 0 Å². The number of carbonyl (C=O) groups is 1. The van der Waals surface area contributed by atoms with Gasteiger partial charge in [-0.15, -0.1) is 11.3 Å². The van der Waals surface area contributed by atoms with Crippen LogP contribution in [0.1, 0.15) is 11.5 Å². The molecule has 3 aromatic rings. The van der Waals surface area contributed by atoms with Crippen molar-refractivity contribution in [3.05, 3.63) is 39.6 Å². The first-order valence-electron chi connectivity index (χ1n) is 8.92. The Labute approximate surface area is 170 Å². The van der Waals surface area contributed by atoms with E-state index in [-0.39, 0.29) is 54.8 Å². The molecule has 4 heterocycles. The molecule has 0 bridgehead atoms. The van der Waals surface area contributed by atoms with Gasteiger partial charge in [0.25, 0.3) is 5.56 Å². The molecule has 12 heteroatoms. The molecule has 0 aromatic carbocycles. The first kappa shape index (κ1) is 19.7. The van der Waals surface area contributed by atoms with Gasteiger partial charge in [0, 0.05) is 26.2 Å². The van der Waals surface area contributed by atoms with Crippen molar-refractivity contribution in [2.45, 2.75) is 25.3 Å². The summed E-state index contributed by atoms with van der Waals surface area (Å²) in [6.45, 7) is 3.81. The fraction of sp³-hybridized carbons (Fsp3) is 0.412. The van der Waals surface area contributed by atoms with Crippen molar-refractivity contribution in [3.8, 4) is 0 Å². The van der Waals surface area contributed by atoms with Crippen molar-refractivity contribution in [1.82, 2.24) is 23.9 Å². The van der Waals surface area contributed by atoms with E-state index in [9.17, 15) is 18.0 Å². The van der Waals surface area contributed by atoms with E-state index in [4.69, 9.17) is 4.52 Å². The largest absolute Gasteiger partial charge is 0.360 e. The van der Waals surface area contributed by atoms with Gasteiger partial charge in [0.15, 0.2) is 5.76 Å². The summed E-state index contributed by atoms with van der Waals surface area (Å²) in [7, 11) is -3.74. The summed E-state index contributed by atoms with van der Waals surface area (Å²) in [4.78, 5) is 31.6. The number of hydrogen-bond donors (Lipinski definition) is 0. The Balaban J connectivity index is 1.44. The van der Waals surface area contributed by atoms with Gasteiger partial charge in [-0.3, -0.25) is 14.2 Å². The Hall–Kier alpha value is -2.57. The number of aryl methyl sites for hydroxylation is 2. The van der Waals surface area contributed by atoms with Gasteiger partial charge in [-0.2, -0.15) is 4.31 Å². The summed E-state index contributed by atoms with van der Waals surface area (Å²) in [6, 6.07) is 1.69. The van der Waals surface area contributed by atoms with E-state index in [1.807, 2.05) is 0 Å². The van der Waals surface area contributed by atoms with Gasteiger partial charge in [-0.05, 0) is 25.3 Å². The molecule has 1 aliphatic heterocycles. The molecule has 1 amide bonds. The van der Waals surface area contributed by atoms with Crippen LogP contribution in [0.25, 0.3) is 10.2 Å². The van der Waals surface area contributed by atoms with Crippen LogP contribution in [-0.4, -0.2) is 64.4 Å². The van der Waals surface area contributed by atoms with Crippen molar-refractivity contribution in [3.63, 3.8) is 0 Å². The van der Waals surface area contributed by atoms with Crippen molar-refractivity contribution in [2.75, 3.05) is 26.2 Å². The van der Waals surface area contributed by atoms with Gasteiger partial charge < -0.3 is 9.42 Å². The molecular formula is C17H19N5O5S2.